The van der Waals surface area contributed by atoms with E-state index in [0.717, 1.165) is 16.3 Å². The van der Waals surface area contributed by atoms with Crippen LogP contribution in [0, 0.1) is 18.3 Å². The Balaban J connectivity index is 2.11. The standard InChI is InChI=1S/C16H15N3OS/c1-11(15-10-21-12(2)19-15)18-16(20)14(9-17)8-13-6-4-3-5-7-13/h3-8,10-11H,1-2H3,(H,18,20)/b14-8+. The number of carbonyl (C=O) groups excluding carboxylic acids is 1. The summed E-state index contributed by atoms with van der Waals surface area (Å²) < 4.78 is 0. The third kappa shape index (κ3) is 4.01. The molecule has 0 aliphatic rings. The number of nitrogens with zero attached hydrogens (tertiary/aromatic N) is 2. The molecule has 5 heteroatoms. The van der Waals surface area contributed by atoms with E-state index in [4.69, 9.17) is 5.26 Å². The Morgan fingerprint density at radius 3 is 2.71 bits per heavy atom. The quantitative estimate of drug-likeness (QED) is 0.696. The number of nitrogens with one attached hydrogen (secondary N) is 1. The van der Waals surface area contributed by atoms with Crippen molar-refractivity contribution in [3.05, 3.63) is 57.6 Å². The zero-order chi connectivity index (χ0) is 15.2. The Morgan fingerprint density at radius 2 is 2.14 bits per heavy atom. The van der Waals surface area contributed by atoms with Gasteiger partial charge in [0.25, 0.3) is 5.91 Å². The highest BCUT2D eigenvalue weighted by Gasteiger charge is 2.15. The largest absolute Gasteiger partial charge is 0.343 e. The summed E-state index contributed by atoms with van der Waals surface area (Å²) in [6, 6.07) is 11.0. The molecule has 0 fully saturated rings. The van der Waals surface area contributed by atoms with E-state index < -0.39 is 0 Å². The van der Waals surface area contributed by atoms with Crippen LogP contribution in [0.3, 0.4) is 0 Å². The lowest BCUT2D eigenvalue weighted by Crippen LogP contribution is -2.27. The van der Waals surface area contributed by atoms with Crippen LogP contribution in [0.25, 0.3) is 6.08 Å². The van der Waals surface area contributed by atoms with Crippen LogP contribution >= 0.6 is 11.3 Å². The van der Waals surface area contributed by atoms with Crippen LogP contribution < -0.4 is 5.32 Å². The number of hydrogen-bond donors (Lipinski definition) is 1. The van der Waals surface area contributed by atoms with Crippen molar-refractivity contribution in [2.45, 2.75) is 19.9 Å². The molecule has 1 unspecified atom stereocenters. The minimum Gasteiger partial charge on any atom is -0.343 e. The number of nitriles is 1. The lowest BCUT2D eigenvalue weighted by Gasteiger charge is -2.10. The molecule has 1 aromatic carbocycles. The highest BCUT2D eigenvalue weighted by Crippen LogP contribution is 2.16. The van der Waals surface area contributed by atoms with Crippen LogP contribution in [0.15, 0.2) is 41.3 Å². The lowest BCUT2D eigenvalue weighted by molar-refractivity contribution is -0.117. The van der Waals surface area contributed by atoms with Gasteiger partial charge >= 0.3 is 0 Å². The lowest BCUT2D eigenvalue weighted by atomic mass is 10.1. The van der Waals surface area contributed by atoms with Gasteiger partial charge in [0.1, 0.15) is 11.6 Å². The van der Waals surface area contributed by atoms with Crippen LogP contribution in [-0.2, 0) is 4.79 Å². The summed E-state index contributed by atoms with van der Waals surface area (Å²) in [5.41, 5.74) is 1.71. The first-order chi connectivity index (χ1) is 10.1. The summed E-state index contributed by atoms with van der Waals surface area (Å²) in [6.07, 6.45) is 1.58. The molecule has 0 saturated carbocycles. The van der Waals surface area contributed by atoms with Crippen LogP contribution in [0.4, 0.5) is 0 Å². The predicted octanol–water partition coefficient (Wildman–Crippen LogP) is 3.24. The number of aromatic nitrogens is 1. The van der Waals surface area contributed by atoms with Crippen molar-refractivity contribution in [3.63, 3.8) is 0 Å². The fraction of sp³-hybridized carbons (Fsp3) is 0.188. The Hall–Kier alpha value is -2.45. The summed E-state index contributed by atoms with van der Waals surface area (Å²) in [5, 5.41) is 14.8. The molecule has 0 spiro atoms. The molecule has 0 aliphatic heterocycles. The minimum atomic E-state index is -0.389. The van der Waals surface area contributed by atoms with Gasteiger partial charge < -0.3 is 5.32 Å². The second-order valence-electron chi connectivity index (χ2n) is 4.57. The third-order valence-corrected chi connectivity index (χ3v) is 3.70. The predicted molar refractivity (Wildman–Crippen MR) is 83.4 cm³/mol. The Labute approximate surface area is 127 Å². The van der Waals surface area contributed by atoms with Gasteiger partial charge in [-0.15, -0.1) is 11.3 Å². The maximum absolute atomic E-state index is 12.1. The Kier molecular flexibility index (Phi) is 4.85. The molecule has 1 aromatic heterocycles. The minimum absolute atomic E-state index is 0.0833. The van der Waals surface area contributed by atoms with E-state index in [9.17, 15) is 4.79 Å². The van der Waals surface area contributed by atoms with Crippen molar-refractivity contribution in [2.75, 3.05) is 0 Å². The molecule has 0 saturated heterocycles. The average molecular weight is 297 g/mol. The van der Waals surface area contributed by atoms with Gasteiger partial charge in [0, 0.05) is 5.38 Å². The van der Waals surface area contributed by atoms with E-state index in [1.807, 2.05) is 55.6 Å². The van der Waals surface area contributed by atoms with Crippen molar-refractivity contribution in [1.29, 1.82) is 5.26 Å². The maximum Gasteiger partial charge on any atom is 0.262 e. The van der Waals surface area contributed by atoms with Crippen LogP contribution in [0.1, 0.15) is 29.2 Å². The van der Waals surface area contributed by atoms with E-state index in [1.165, 1.54) is 11.3 Å². The first kappa shape index (κ1) is 14.9. The van der Waals surface area contributed by atoms with Crippen LogP contribution in [0.2, 0.25) is 0 Å². The summed E-state index contributed by atoms with van der Waals surface area (Å²) in [7, 11) is 0. The zero-order valence-electron chi connectivity index (χ0n) is 11.8. The van der Waals surface area contributed by atoms with Crippen LogP contribution in [0.5, 0.6) is 0 Å². The molecule has 1 amide bonds. The van der Waals surface area contributed by atoms with Gasteiger partial charge in [0.05, 0.1) is 16.7 Å². The molecule has 0 radical (unpaired) electrons. The maximum atomic E-state index is 12.1. The molecular formula is C16H15N3OS. The molecule has 21 heavy (non-hydrogen) atoms. The summed E-state index contributed by atoms with van der Waals surface area (Å²) in [4.78, 5) is 16.5. The topological polar surface area (TPSA) is 65.8 Å². The highest BCUT2D eigenvalue weighted by molar-refractivity contribution is 7.09. The van der Waals surface area contributed by atoms with Gasteiger partial charge in [-0.3, -0.25) is 4.79 Å². The molecule has 4 nitrogen and oxygen atoms in total. The molecular weight excluding hydrogens is 282 g/mol. The van der Waals surface area contributed by atoms with Gasteiger partial charge in [-0.1, -0.05) is 30.3 Å². The Morgan fingerprint density at radius 1 is 1.43 bits per heavy atom. The fourth-order valence-corrected chi connectivity index (χ4v) is 2.50. The summed E-state index contributed by atoms with van der Waals surface area (Å²) in [5.74, 6) is -0.389. The molecule has 2 rings (SSSR count). The van der Waals surface area contributed by atoms with Crippen LogP contribution in [-0.4, -0.2) is 10.9 Å². The Bertz CT molecular complexity index is 698. The fourth-order valence-electron chi connectivity index (χ4n) is 1.79. The highest BCUT2D eigenvalue weighted by atomic mass is 32.1. The second kappa shape index (κ2) is 6.82. The van der Waals surface area contributed by atoms with Gasteiger partial charge in [-0.05, 0) is 25.5 Å². The second-order valence-corrected chi connectivity index (χ2v) is 5.63. The van der Waals surface area contributed by atoms with Crippen molar-refractivity contribution < 1.29 is 4.79 Å². The first-order valence-corrected chi connectivity index (χ1v) is 7.38. The molecule has 1 atom stereocenters. The molecule has 2 aromatic rings. The van der Waals surface area contributed by atoms with Gasteiger partial charge in [-0.25, -0.2) is 4.98 Å². The van der Waals surface area contributed by atoms with Crippen molar-refractivity contribution in [1.82, 2.24) is 10.3 Å². The van der Waals surface area contributed by atoms with E-state index >= 15 is 0 Å². The van der Waals surface area contributed by atoms with Crippen molar-refractivity contribution in [2.24, 2.45) is 0 Å². The first-order valence-electron chi connectivity index (χ1n) is 6.50. The molecule has 0 aliphatic carbocycles. The van der Waals surface area contributed by atoms with Gasteiger partial charge in [0.15, 0.2) is 0 Å². The van der Waals surface area contributed by atoms with Crippen molar-refractivity contribution in [3.8, 4) is 6.07 Å². The molecule has 1 N–H and O–H groups in total. The number of aryl methyl sites for hydroxylation is 1. The summed E-state index contributed by atoms with van der Waals surface area (Å²) >= 11 is 1.53. The number of benzene rings is 1. The monoisotopic (exact) mass is 297 g/mol. The number of thiazole rings is 1. The van der Waals surface area contributed by atoms with Crippen molar-refractivity contribution >= 4 is 23.3 Å². The van der Waals surface area contributed by atoms with E-state index in [2.05, 4.69) is 10.3 Å². The smallest absolute Gasteiger partial charge is 0.262 e. The van der Waals surface area contributed by atoms with E-state index in [0.29, 0.717) is 0 Å². The average Bonchev–Trinajstić information content (AvgIpc) is 2.92. The van der Waals surface area contributed by atoms with Gasteiger partial charge in [0.2, 0.25) is 0 Å². The van der Waals surface area contributed by atoms with Gasteiger partial charge in [-0.2, -0.15) is 5.26 Å². The van der Waals surface area contributed by atoms with E-state index in [-0.39, 0.29) is 17.5 Å². The summed E-state index contributed by atoms with van der Waals surface area (Å²) in [6.45, 7) is 3.77. The van der Waals surface area contributed by atoms with E-state index in [1.54, 1.807) is 6.08 Å². The normalized spacial score (nSPS) is 12.5. The molecule has 106 valence electrons. The number of amides is 1. The molecule has 1 heterocycles. The number of carbonyl (C=O) groups is 1. The number of rotatable bonds is 4. The molecule has 0 bridgehead atoms. The zero-order valence-corrected chi connectivity index (χ0v) is 12.6. The third-order valence-electron chi connectivity index (χ3n) is 2.90. The SMILES string of the molecule is Cc1nc(C(C)NC(=O)/C(C#N)=C/c2ccccc2)cs1. The number of hydrogen-bond acceptors (Lipinski definition) is 4.